The van der Waals surface area contributed by atoms with E-state index in [-0.39, 0.29) is 11.8 Å². The molecular weight excluding hydrogens is 382 g/mol. The maximum absolute atomic E-state index is 13.1. The average molecular weight is 403 g/mol. The Balaban J connectivity index is 1.68. The van der Waals surface area contributed by atoms with Crippen LogP contribution in [0.5, 0.6) is 0 Å². The van der Waals surface area contributed by atoms with E-state index in [4.69, 9.17) is 4.42 Å². The summed E-state index contributed by atoms with van der Waals surface area (Å²) in [4.78, 5) is 29.3. The number of hydrogen-bond donors (Lipinski definition) is 2. The SMILES string of the molecule is CCC(=O)Nc1ccc(NC(=O)c2cc(-c3ccco3)nc3c2c(C)nn3C)cc1. The molecular formula is C22H21N5O3. The highest BCUT2D eigenvalue weighted by Crippen LogP contribution is 2.28. The third kappa shape index (κ3) is 3.67. The number of aromatic nitrogens is 3. The lowest BCUT2D eigenvalue weighted by Crippen LogP contribution is -2.14. The van der Waals surface area contributed by atoms with Gasteiger partial charge in [0.1, 0.15) is 5.69 Å². The van der Waals surface area contributed by atoms with E-state index in [1.165, 1.54) is 0 Å². The molecule has 2 amide bonds. The summed E-state index contributed by atoms with van der Waals surface area (Å²) in [6, 6.07) is 12.2. The summed E-state index contributed by atoms with van der Waals surface area (Å²) < 4.78 is 7.12. The number of benzene rings is 1. The zero-order valence-corrected chi connectivity index (χ0v) is 16.9. The molecule has 0 unspecified atom stereocenters. The van der Waals surface area contributed by atoms with Gasteiger partial charge in [0.2, 0.25) is 5.91 Å². The first kappa shape index (κ1) is 19.4. The van der Waals surface area contributed by atoms with Crippen LogP contribution in [0.3, 0.4) is 0 Å². The molecule has 4 aromatic rings. The maximum Gasteiger partial charge on any atom is 0.256 e. The summed E-state index contributed by atoms with van der Waals surface area (Å²) in [5.41, 5.74) is 3.62. The van der Waals surface area contributed by atoms with Crippen molar-refractivity contribution < 1.29 is 14.0 Å². The van der Waals surface area contributed by atoms with Gasteiger partial charge in [-0.25, -0.2) is 4.98 Å². The van der Waals surface area contributed by atoms with Crippen LogP contribution in [0.4, 0.5) is 11.4 Å². The van der Waals surface area contributed by atoms with Crippen LogP contribution in [0.1, 0.15) is 29.4 Å². The van der Waals surface area contributed by atoms with Crippen LogP contribution < -0.4 is 10.6 Å². The van der Waals surface area contributed by atoms with Crippen molar-refractivity contribution in [1.82, 2.24) is 14.8 Å². The number of amides is 2. The van der Waals surface area contributed by atoms with Crippen molar-refractivity contribution in [1.29, 1.82) is 0 Å². The number of nitrogens with zero attached hydrogens (tertiary/aromatic N) is 3. The van der Waals surface area contributed by atoms with Crippen LogP contribution in [0.25, 0.3) is 22.5 Å². The Morgan fingerprint density at radius 1 is 1.10 bits per heavy atom. The number of pyridine rings is 1. The number of aryl methyl sites for hydroxylation is 2. The maximum atomic E-state index is 13.1. The van der Waals surface area contributed by atoms with Gasteiger partial charge in [-0.05, 0) is 49.4 Å². The Labute approximate surface area is 172 Å². The van der Waals surface area contributed by atoms with E-state index in [0.29, 0.717) is 51.5 Å². The number of carbonyl (C=O) groups excluding carboxylic acids is 2. The molecule has 0 aliphatic rings. The minimum atomic E-state index is -0.281. The van der Waals surface area contributed by atoms with Crippen molar-refractivity contribution in [2.45, 2.75) is 20.3 Å². The van der Waals surface area contributed by atoms with E-state index in [9.17, 15) is 9.59 Å². The van der Waals surface area contributed by atoms with Crippen LogP contribution >= 0.6 is 0 Å². The highest BCUT2D eigenvalue weighted by molar-refractivity contribution is 6.13. The predicted molar refractivity (Wildman–Crippen MR) is 114 cm³/mol. The van der Waals surface area contributed by atoms with Gasteiger partial charge in [-0.2, -0.15) is 5.10 Å². The van der Waals surface area contributed by atoms with Gasteiger partial charge in [-0.1, -0.05) is 6.92 Å². The first-order valence-electron chi connectivity index (χ1n) is 9.55. The predicted octanol–water partition coefficient (Wildman–Crippen LogP) is 4.14. The number of fused-ring (bicyclic) bond motifs is 1. The molecule has 0 atom stereocenters. The molecule has 152 valence electrons. The van der Waals surface area contributed by atoms with Gasteiger partial charge < -0.3 is 15.1 Å². The Bertz CT molecular complexity index is 1220. The second-order valence-electron chi connectivity index (χ2n) is 6.87. The van der Waals surface area contributed by atoms with Gasteiger partial charge in [0.15, 0.2) is 11.4 Å². The largest absolute Gasteiger partial charge is 0.463 e. The van der Waals surface area contributed by atoms with E-state index >= 15 is 0 Å². The molecule has 0 saturated carbocycles. The van der Waals surface area contributed by atoms with E-state index < -0.39 is 0 Å². The summed E-state index contributed by atoms with van der Waals surface area (Å²) in [6.07, 6.45) is 1.97. The Hall–Kier alpha value is -3.94. The molecule has 8 heteroatoms. The smallest absolute Gasteiger partial charge is 0.256 e. The molecule has 0 aliphatic carbocycles. The first-order valence-corrected chi connectivity index (χ1v) is 9.55. The van der Waals surface area contributed by atoms with Crippen LogP contribution in [0.2, 0.25) is 0 Å². The summed E-state index contributed by atoms with van der Waals surface area (Å²) >= 11 is 0. The van der Waals surface area contributed by atoms with Crippen molar-refractivity contribution >= 4 is 34.2 Å². The Morgan fingerprint density at radius 2 is 1.80 bits per heavy atom. The lowest BCUT2D eigenvalue weighted by molar-refractivity contribution is -0.115. The number of furan rings is 1. The summed E-state index contributed by atoms with van der Waals surface area (Å²) in [6.45, 7) is 3.63. The lowest BCUT2D eigenvalue weighted by Gasteiger charge is -2.10. The number of carbonyl (C=O) groups is 2. The normalized spacial score (nSPS) is 10.9. The van der Waals surface area contributed by atoms with Gasteiger partial charge in [0, 0.05) is 24.8 Å². The van der Waals surface area contributed by atoms with E-state index in [2.05, 4.69) is 20.7 Å². The summed E-state index contributed by atoms with van der Waals surface area (Å²) in [5, 5.41) is 10.8. The van der Waals surface area contributed by atoms with E-state index in [1.807, 2.05) is 6.92 Å². The quantitative estimate of drug-likeness (QED) is 0.521. The Morgan fingerprint density at radius 3 is 2.43 bits per heavy atom. The van der Waals surface area contributed by atoms with Gasteiger partial charge in [0.25, 0.3) is 5.91 Å². The van der Waals surface area contributed by atoms with Crippen LogP contribution in [0.15, 0.2) is 53.1 Å². The molecule has 30 heavy (non-hydrogen) atoms. The highest BCUT2D eigenvalue weighted by atomic mass is 16.3. The third-order valence-electron chi connectivity index (χ3n) is 4.73. The molecule has 0 saturated heterocycles. The van der Waals surface area contributed by atoms with Crippen LogP contribution in [-0.4, -0.2) is 26.6 Å². The molecule has 1 aromatic carbocycles. The minimum Gasteiger partial charge on any atom is -0.463 e. The molecule has 2 N–H and O–H groups in total. The number of anilines is 2. The zero-order valence-electron chi connectivity index (χ0n) is 16.9. The number of rotatable bonds is 5. The van der Waals surface area contributed by atoms with E-state index in [0.717, 1.165) is 0 Å². The zero-order chi connectivity index (χ0) is 21.3. The highest BCUT2D eigenvalue weighted by Gasteiger charge is 2.20. The molecule has 3 heterocycles. The molecule has 0 spiro atoms. The van der Waals surface area contributed by atoms with Crippen LogP contribution in [0, 0.1) is 6.92 Å². The topological polar surface area (TPSA) is 102 Å². The molecule has 4 rings (SSSR count). The van der Waals surface area contributed by atoms with Gasteiger partial charge >= 0.3 is 0 Å². The lowest BCUT2D eigenvalue weighted by atomic mass is 10.1. The van der Waals surface area contributed by atoms with Crippen molar-refractivity contribution in [2.24, 2.45) is 7.05 Å². The van der Waals surface area contributed by atoms with Crippen LogP contribution in [-0.2, 0) is 11.8 Å². The molecule has 8 nitrogen and oxygen atoms in total. The van der Waals surface area contributed by atoms with Crippen molar-refractivity contribution in [3.63, 3.8) is 0 Å². The molecule has 0 fully saturated rings. The molecule has 0 bridgehead atoms. The third-order valence-corrected chi connectivity index (χ3v) is 4.73. The molecule has 0 aliphatic heterocycles. The minimum absolute atomic E-state index is 0.0662. The second kappa shape index (κ2) is 7.82. The first-order chi connectivity index (χ1) is 14.5. The second-order valence-corrected chi connectivity index (χ2v) is 6.87. The standard InChI is InChI=1S/C22H21N5O3/c1-4-19(28)23-14-7-9-15(10-8-14)24-22(29)16-12-17(18-6-5-11-30-18)25-21-20(16)13(2)26-27(21)3/h5-12H,4H2,1-3H3,(H,23,28)(H,24,29). The van der Waals surface area contributed by atoms with E-state index in [1.54, 1.807) is 67.4 Å². The molecule has 3 aromatic heterocycles. The fourth-order valence-electron chi connectivity index (χ4n) is 3.26. The molecule has 0 radical (unpaired) electrons. The monoisotopic (exact) mass is 403 g/mol. The Kier molecular flexibility index (Phi) is 5.05. The summed E-state index contributed by atoms with van der Waals surface area (Å²) in [5.74, 6) is 0.223. The van der Waals surface area contributed by atoms with Crippen molar-refractivity contribution in [3.05, 3.63) is 60.0 Å². The van der Waals surface area contributed by atoms with Gasteiger partial charge in [-0.3, -0.25) is 14.3 Å². The average Bonchev–Trinajstić information content (AvgIpc) is 3.37. The summed E-state index contributed by atoms with van der Waals surface area (Å²) in [7, 11) is 1.79. The fourth-order valence-corrected chi connectivity index (χ4v) is 3.26. The van der Waals surface area contributed by atoms with Gasteiger partial charge in [0.05, 0.1) is 22.9 Å². The van der Waals surface area contributed by atoms with Crippen molar-refractivity contribution in [3.8, 4) is 11.5 Å². The van der Waals surface area contributed by atoms with Crippen molar-refractivity contribution in [2.75, 3.05) is 10.6 Å². The fraction of sp³-hybridized carbons (Fsp3) is 0.182. The van der Waals surface area contributed by atoms with Gasteiger partial charge in [-0.15, -0.1) is 0 Å². The number of hydrogen-bond acceptors (Lipinski definition) is 5. The number of nitrogens with one attached hydrogen (secondary N) is 2.